The number of fused-ring (bicyclic) bond motifs is 3. The van der Waals surface area contributed by atoms with E-state index < -0.39 is 0 Å². The van der Waals surface area contributed by atoms with Gasteiger partial charge in [-0.2, -0.15) is 5.26 Å². The van der Waals surface area contributed by atoms with Crippen LogP contribution in [0.2, 0.25) is 0 Å². The van der Waals surface area contributed by atoms with E-state index in [2.05, 4.69) is 86.6 Å². The Morgan fingerprint density at radius 2 is 1.02 bits per heavy atom. The summed E-state index contributed by atoms with van der Waals surface area (Å²) in [4.78, 5) is 9.88. The van der Waals surface area contributed by atoms with Crippen molar-refractivity contribution >= 4 is 0 Å². The molecule has 0 N–H and O–H groups in total. The van der Waals surface area contributed by atoms with Crippen LogP contribution in [0.25, 0.3) is 56.2 Å². The molecule has 6 aromatic rings. The lowest BCUT2D eigenvalue weighted by atomic mass is 9.81. The average molecular weight is 526 g/mol. The van der Waals surface area contributed by atoms with Crippen LogP contribution in [0, 0.1) is 11.3 Å². The fourth-order valence-electron chi connectivity index (χ4n) is 5.89. The Labute approximate surface area is 240 Å². The molecule has 7 rings (SSSR count). The fourth-order valence-corrected chi connectivity index (χ4v) is 5.89. The summed E-state index contributed by atoms with van der Waals surface area (Å²) in [6.45, 7) is 4.49. The number of aromatic nitrogens is 2. The topological polar surface area (TPSA) is 49.6 Å². The molecule has 1 heterocycles. The predicted octanol–water partition coefficient (Wildman–Crippen LogP) is 9.32. The summed E-state index contributed by atoms with van der Waals surface area (Å²) in [7, 11) is 0. The van der Waals surface area contributed by atoms with Crippen LogP contribution in [0.1, 0.15) is 30.5 Å². The SMILES string of the molecule is CC1(C)c2cc(C#N)ccc2-c2ccc(-c3ccc(-c4cc(-c5ccccc5)nc(-c5ccccc5)n4)cc3)cc21. The zero-order valence-electron chi connectivity index (χ0n) is 23.0. The van der Waals surface area contributed by atoms with E-state index in [0.717, 1.165) is 33.6 Å². The largest absolute Gasteiger partial charge is 0.228 e. The van der Waals surface area contributed by atoms with Crippen molar-refractivity contribution in [1.82, 2.24) is 9.97 Å². The summed E-state index contributed by atoms with van der Waals surface area (Å²) < 4.78 is 0. The van der Waals surface area contributed by atoms with Crippen molar-refractivity contribution in [3.05, 3.63) is 144 Å². The number of nitrogens with zero attached hydrogens (tertiary/aromatic N) is 3. The van der Waals surface area contributed by atoms with E-state index in [9.17, 15) is 5.26 Å². The summed E-state index contributed by atoms with van der Waals surface area (Å²) in [5.74, 6) is 0.714. The fraction of sp³-hybridized carbons (Fsp3) is 0.0789. The lowest BCUT2D eigenvalue weighted by Crippen LogP contribution is -2.15. The molecule has 0 fully saturated rings. The molecule has 0 bridgehead atoms. The van der Waals surface area contributed by atoms with Gasteiger partial charge in [-0.3, -0.25) is 0 Å². The molecule has 41 heavy (non-hydrogen) atoms. The van der Waals surface area contributed by atoms with E-state index >= 15 is 0 Å². The molecule has 1 aliphatic carbocycles. The molecule has 1 aromatic heterocycles. The Morgan fingerprint density at radius 3 is 1.66 bits per heavy atom. The van der Waals surface area contributed by atoms with E-state index in [0.29, 0.717) is 11.4 Å². The van der Waals surface area contributed by atoms with E-state index in [-0.39, 0.29) is 5.41 Å². The molecule has 1 aliphatic rings. The minimum atomic E-state index is -0.171. The molecular weight excluding hydrogens is 498 g/mol. The van der Waals surface area contributed by atoms with Gasteiger partial charge in [0.25, 0.3) is 0 Å². The van der Waals surface area contributed by atoms with Crippen molar-refractivity contribution in [2.75, 3.05) is 0 Å². The van der Waals surface area contributed by atoms with Gasteiger partial charge in [-0.15, -0.1) is 0 Å². The van der Waals surface area contributed by atoms with Gasteiger partial charge < -0.3 is 0 Å². The second-order valence-corrected chi connectivity index (χ2v) is 11.0. The smallest absolute Gasteiger partial charge is 0.160 e. The summed E-state index contributed by atoms with van der Waals surface area (Å²) in [6.07, 6.45) is 0. The van der Waals surface area contributed by atoms with Crippen LogP contribution in [-0.4, -0.2) is 9.97 Å². The number of benzene rings is 5. The first-order valence-corrected chi connectivity index (χ1v) is 13.8. The predicted molar refractivity (Wildman–Crippen MR) is 166 cm³/mol. The Morgan fingerprint density at radius 1 is 0.512 bits per heavy atom. The third-order valence-corrected chi connectivity index (χ3v) is 8.15. The molecule has 0 unspecified atom stereocenters. The Balaban J connectivity index is 1.27. The third-order valence-electron chi connectivity index (χ3n) is 8.15. The van der Waals surface area contributed by atoms with Crippen LogP contribution in [0.4, 0.5) is 0 Å². The van der Waals surface area contributed by atoms with Gasteiger partial charge in [-0.25, -0.2) is 9.97 Å². The molecule has 0 radical (unpaired) electrons. The standard InChI is InChI=1S/C38H27N3/c1-38(2)33-21-25(24-39)13-19-31(33)32-20-18-30(22-34(32)38)26-14-16-28(17-15-26)36-23-35(27-9-5-3-6-10-27)40-37(41-36)29-11-7-4-8-12-29/h3-23H,1-2H3. The monoisotopic (exact) mass is 525 g/mol. The number of nitriles is 1. The molecule has 0 saturated carbocycles. The van der Waals surface area contributed by atoms with Crippen molar-refractivity contribution in [1.29, 1.82) is 5.26 Å². The maximum absolute atomic E-state index is 9.44. The molecule has 0 aliphatic heterocycles. The molecule has 5 aromatic carbocycles. The van der Waals surface area contributed by atoms with Crippen molar-refractivity contribution < 1.29 is 0 Å². The second kappa shape index (κ2) is 9.70. The van der Waals surface area contributed by atoms with Gasteiger partial charge in [0, 0.05) is 22.1 Å². The summed E-state index contributed by atoms with van der Waals surface area (Å²) in [5, 5.41) is 9.44. The van der Waals surface area contributed by atoms with Crippen molar-refractivity contribution in [2.45, 2.75) is 19.3 Å². The van der Waals surface area contributed by atoms with E-state index in [1.54, 1.807) is 0 Å². The van der Waals surface area contributed by atoms with Gasteiger partial charge in [0.05, 0.1) is 23.0 Å². The average Bonchev–Trinajstić information content (AvgIpc) is 3.27. The van der Waals surface area contributed by atoms with E-state index in [1.807, 2.05) is 60.7 Å². The summed E-state index contributed by atoms with van der Waals surface area (Å²) >= 11 is 0. The molecule has 0 amide bonds. The normalized spacial score (nSPS) is 12.8. The molecule has 3 nitrogen and oxygen atoms in total. The van der Waals surface area contributed by atoms with Crippen LogP contribution in [0.15, 0.2) is 127 Å². The van der Waals surface area contributed by atoms with Crippen molar-refractivity contribution in [3.63, 3.8) is 0 Å². The van der Waals surface area contributed by atoms with Crippen LogP contribution >= 0.6 is 0 Å². The summed E-state index contributed by atoms with van der Waals surface area (Å²) in [6, 6.07) is 46.2. The molecule has 0 spiro atoms. The zero-order valence-corrected chi connectivity index (χ0v) is 23.0. The molecule has 0 saturated heterocycles. The minimum absolute atomic E-state index is 0.171. The maximum atomic E-state index is 9.44. The second-order valence-electron chi connectivity index (χ2n) is 11.0. The molecule has 0 atom stereocenters. The first kappa shape index (κ1) is 24.7. The van der Waals surface area contributed by atoms with E-state index in [1.165, 1.54) is 27.8 Å². The molecular formula is C38H27N3. The molecule has 194 valence electrons. The van der Waals surface area contributed by atoms with Crippen molar-refractivity contribution in [3.8, 4) is 62.2 Å². The van der Waals surface area contributed by atoms with Crippen molar-refractivity contribution in [2.24, 2.45) is 0 Å². The lowest BCUT2D eigenvalue weighted by molar-refractivity contribution is 0.660. The van der Waals surface area contributed by atoms with E-state index in [4.69, 9.17) is 9.97 Å². The van der Waals surface area contributed by atoms with Gasteiger partial charge in [0.2, 0.25) is 0 Å². The minimum Gasteiger partial charge on any atom is -0.228 e. The van der Waals surface area contributed by atoms with Crippen LogP contribution in [0.5, 0.6) is 0 Å². The highest BCUT2D eigenvalue weighted by molar-refractivity contribution is 5.84. The van der Waals surface area contributed by atoms with Gasteiger partial charge >= 0.3 is 0 Å². The highest BCUT2D eigenvalue weighted by Gasteiger charge is 2.35. The number of hydrogen-bond acceptors (Lipinski definition) is 3. The number of hydrogen-bond donors (Lipinski definition) is 0. The van der Waals surface area contributed by atoms with Crippen LogP contribution in [-0.2, 0) is 5.41 Å². The zero-order chi connectivity index (χ0) is 28.0. The van der Waals surface area contributed by atoms with Crippen LogP contribution < -0.4 is 0 Å². The molecule has 3 heteroatoms. The quantitative estimate of drug-likeness (QED) is 0.230. The third kappa shape index (κ3) is 4.31. The first-order chi connectivity index (χ1) is 20.0. The summed E-state index contributed by atoms with van der Waals surface area (Å²) in [5.41, 5.74) is 12.7. The maximum Gasteiger partial charge on any atom is 0.160 e. The van der Waals surface area contributed by atoms with Gasteiger partial charge in [0.15, 0.2) is 5.82 Å². The highest BCUT2D eigenvalue weighted by atomic mass is 14.9. The Hall–Kier alpha value is -5.33. The Bertz CT molecular complexity index is 1890. The first-order valence-electron chi connectivity index (χ1n) is 13.8. The van der Waals surface area contributed by atoms with Gasteiger partial charge in [-0.05, 0) is 57.6 Å². The lowest BCUT2D eigenvalue weighted by Gasteiger charge is -2.22. The van der Waals surface area contributed by atoms with Crippen LogP contribution in [0.3, 0.4) is 0 Å². The van der Waals surface area contributed by atoms with Gasteiger partial charge in [-0.1, -0.05) is 117 Å². The highest BCUT2D eigenvalue weighted by Crippen LogP contribution is 2.49. The van der Waals surface area contributed by atoms with Gasteiger partial charge in [0.1, 0.15) is 0 Å². The number of rotatable bonds is 4. The Kier molecular flexibility index (Phi) is 5.84.